The van der Waals surface area contributed by atoms with E-state index >= 15 is 0 Å². The van der Waals surface area contributed by atoms with E-state index in [0.29, 0.717) is 58.2 Å². The van der Waals surface area contributed by atoms with Crippen molar-refractivity contribution in [1.82, 2.24) is 15.1 Å². The summed E-state index contributed by atoms with van der Waals surface area (Å²) in [6.07, 6.45) is -13.8. The van der Waals surface area contributed by atoms with Gasteiger partial charge in [-0.1, -0.05) is 0 Å². The van der Waals surface area contributed by atoms with Gasteiger partial charge in [0, 0.05) is 19.2 Å². The molecule has 0 saturated carbocycles. The monoisotopic (exact) mass is 979 g/mol. The molecule has 9 amide bonds. The molecule has 0 aromatic heterocycles. The molecule has 366 valence electrons. The summed E-state index contributed by atoms with van der Waals surface area (Å²) in [7, 11) is 0. The van der Waals surface area contributed by atoms with E-state index in [0.717, 1.165) is 30.3 Å². The average molecular weight is 980 g/mol. The maximum atomic E-state index is 13.5. The lowest BCUT2D eigenvalue weighted by molar-refractivity contribution is -0.388. The van der Waals surface area contributed by atoms with E-state index < -0.39 is 109 Å². The molecule has 0 aliphatic carbocycles. The third-order valence-electron chi connectivity index (χ3n) is 11.4. The van der Waals surface area contributed by atoms with Crippen LogP contribution in [0.4, 0.5) is 76.6 Å². The molecule has 0 spiro atoms. The minimum absolute atomic E-state index is 0.0182. The molecule has 3 fully saturated rings. The number of halogens is 9. The summed E-state index contributed by atoms with van der Waals surface area (Å²) in [5, 5.41) is 31.1. The molecule has 3 saturated heterocycles. The number of carbonyl (C=O) groups excluding carboxylic acids is 6. The van der Waals surface area contributed by atoms with Crippen molar-refractivity contribution >= 4 is 58.6 Å². The number of alkyl halides is 9. The van der Waals surface area contributed by atoms with E-state index in [9.17, 15) is 78.4 Å². The maximum Gasteiger partial charge on any atom is 0.423 e. The van der Waals surface area contributed by atoms with Gasteiger partial charge in [0.1, 0.15) is 22.2 Å². The van der Waals surface area contributed by atoms with Crippen LogP contribution in [-0.2, 0) is 32.9 Å². The zero-order valence-corrected chi connectivity index (χ0v) is 37.0. The van der Waals surface area contributed by atoms with Gasteiger partial charge in [0.2, 0.25) is 0 Å². The van der Waals surface area contributed by atoms with E-state index in [4.69, 9.17) is 10.5 Å². The molecule has 3 heterocycles. The summed E-state index contributed by atoms with van der Waals surface area (Å²) in [5.41, 5.74) is -11.7. The van der Waals surface area contributed by atoms with Crippen molar-refractivity contribution in [1.29, 1.82) is 10.5 Å². The molecule has 0 bridgehead atoms. The van der Waals surface area contributed by atoms with Crippen LogP contribution in [0.2, 0.25) is 0 Å². The Labute approximate surface area is 385 Å². The predicted octanol–water partition coefficient (Wildman–Crippen LogP) is 8.88. The molecule has 26 heteroatoms. The fourth-order valence-corrected chi connectivity index (χ4v) is 7.63. The van der Waals surface area contributed by atoms with Crippen LogP contribution >= 0.6 is 0 Å². The highest BCUT2D eigenvalue weighted by molar-refractivity contribution is 6.24. The molecule has 17 nitrogen and oxygen atoms in total. The van der Waals surface area contributed by atoms with Crippen molar-refractivity contribution in [3.8, 4) is 12.1 Å². The SMILES string of the molecule is CC1(C)C(=O)N(c2ccc(C#N)c(C(F)(F)F)c2)C(=O)N1CCCCCN1C(=O)N(c2ccc(C#N)c(C(F)(F)F)c2)C(=O)C1(C)C.CC1(C)NC(=O)N(c2ccc([N+](=O)[O-])c(C(F)(F)F)c2)C1=O. The molecule has 0 radical (unpaired) electrons. The summed E-state index contributed by atoms with van der Waals surface area (Å²) in [6.45, 7) is 8.60. The van der Waals surface area contributed by atoms with Gasteiger partial charge >= 0.3 is 36.6 Å². The summed E-state index contributed by atoms with van der Waals surface area (Å²) >= 11 is 0. The van der Waals surface area contributed by atoms with Crippen molar-refractivity contribution in [2.75, 3.05) is 27.8 Å². The molecule has 3 aromatic carbocycles. The highest BCUT2D eigenvalue weighted by Crippen LogP contribution is 2.42. The first kappa shape index (κ1) is 52.2. The third-order valence-corrected chi connectivity index (χ3v) is 11.4. The van der Waals surface area contributed by atoms with Crippen LogP contribution in [0.5, 0.6) is 0 Å². The fourth-order valence-electron chi connectivity index (χ4n) is 7.63. The van der Waals surface area contributed by atoms with Crippen molar-refractivity contribution < 1.29 is 73.2 Å². The lowest BCUT2D eigenvalue weighted by atomic mass is 10.0. The molecule has 6 rings (SSSR count). The number of hydrogen-bond acceptors (Lipinski definition) is 10. The number of nitro benzene ring substituents is 1. The van der Waals surface area contributed by atoms with Gasteiger partial charge < -0.3 is 15.1 Å². The molecule has 3 aliphatic heterocycles. The number of urea groups is 3. The number of nitro groups is 1. The number of rotatable bonds is 10. The Morgan fingerprint density at radius 3 is 1.26 bits per heavy atom. The Balaban J connectivity index is 0.000000336. The summed E-state index contributed by atoms with van der Waals surface area (Å²) in [5.74, 6) is -2.28. The number of carbonyl (C=O) groups is 6. The summed E-state index contributed by atoms with van der Waals surface area (Å²) in [6, 6.07) is 7.35. The van der Waals surface area contributed by atoms with Crippen LogP contribution in [0, 0.1) is 32.8 Å². The van der Waals surface area contributed by atoms with Crippen molar-refractivity contribution in [2.45, 2.75) is 96.0 Å². The van der Waals surface area contributed by atoms with Gasteiger partial charge in [-0.2, -0.15) is 50.0 Å². The standard InChI is InChI=1S/C31H28F6N6O4.C12H10F3N3O4/c1-28(2)24(44)42(20-10-8-18(16-38)22(14-20)30(32,33)34)26(46)40(28)12-6-5-7-13-41-27(47)43(25(45)29(41,3)4)21-11-9-19(17-39)23(15-21)31(35,36)37;1-11(2)9(19)17(10(20)16-11)6-3-4-8(18(21)22)7(5-6)12(13,14)15/h8-11,14-15H,5-7,12-13H2,1-4H3;3-5H,1-2H3,(H,16,20). The molecule has 3 aliphatic rings. The van der Waals surface area contributed by atoms with E-state index in [-0.39, 0.29) is 30.2 Å². The van der Waals surface area contributed by atoms with Crippen molar-refractivity contribution in [2.24, 2.45) is 0 Å². The second-order valence-electron chi connectivity index (χ2n) is 17.2. The topological polar surface area (TPSA) is 221 Å². The third kappa shape index (κ3) is 9.82. The van der Waals surface area contributed by atoms with E-state index in [1.165, 1.54) is 63.5 Å². The number of nitrogens with zero attached hydrogens (tertiary/aromatic N) is 8. The fraction of sp³-hybridized carbons (Fsp3) is 0.395. The minimum atomic E-state index is -4.99. The Morgan fingerprint density at radius 2 is 0.928 bits per heavy atom. The summed E-state index contributed by atoms with van der Waals surface area (Å²) in [4.78, 5) is 90.4. The van der Waals surface area contributed by atoms with E-state index in [1.54, 1.807) is 0 Å². The first-order valence-electron chi connectivity index (χ1n) is 20.2. The zero-order chi connectivity index (χ0) is 52.1. The van der Waals surface area contributed by atoms with Crippen LogP contribution in [0.25, 0.3) is 0 Å². The van der Waals surface area contributed by atoms with Crippen LogP contribution < -0.4 is 20.0 Å². The average Bonchev–Trinajstić information content (AvgIpc) is 3.64. The number of unbranched alkanes of at least 4 members (excludes halogenated alkanes) is 2. The number of nitrogens with one attached hydrogen (secondary N) is 1. The molecule has 0 unspecified atom stereocenters. The molecule has 0 atom stereocenters. The lowest BCUT2D eigenvalue weighted by Gasteiger charge is -2.29. The summed E-state index contributed by atoms with van der Waals surface area (Å²) < 4.78 is 120. The first-order chi connectivity index (χ1) is 31.6. The van der Waals surface area contributed by atoms with E-state index in [1.807, 2.05) is 0 Å². The maximum absolute atomic E-state index is 13.5. The van der Waals surface area contributed by atoms with Crippen molar-refractivity contribution in [3.05, 3.63) is 92.5 Å². The van der Waals surface area contributed by atoms with Gasteiger partial charge in [0.05, 0.1) is 56.4 Å². The number of benzene rings is 3. The van der Waals surface area contributed by atoms with Gasteiger partial charge in [-0.25, -0.2) is 29.1 Å². The van der Waals surface area contributed by atoms with Gasteiger partial charge in [-0.05, 0) is 109 Å². The number of nitriles is 2. The molecule has 1 N–H and O–H groups in total. The van der Waals surface area contributed by atoms with Gasteiger partial charge in [0.15, 0.2) is 0 Å². The quantitative estimate of drug-likeness (QED) is 0.0668. The first-order valence-corrected chi connectivity index (χ1v) is 20.2. The van der Waals surface area contributed by atoms with Gasteiger partial charge in [-0.15, -0.1) is 0 Å². The highest BCUT2D eigenvalue weighted by atomic mass is 19.4. The van der Waals surface area contributed by atoms with Crippen LogP contribution in [-0.4, -0.2) is 80.2 Å². The normalized spacial score (nSPS) is 17.8. The van der Waals surface area contributed by atoms with Gasteiger partial charge in [0.25, 0.3) is 23.4 Å². The number of imide groups is 3. The van der Waals surface area contributed by atoms with Crippen LogP contribution in [0.3, 0.4) is 0 Å². The second kappa shape index (κ2) is 18.0. The second-order valence-corrected chi connectivity index (χ2v) is 17.2. The van der Waals surface area contributed by atoms with Crippen LogP contribution in [0.15, 0.2) is 54.6 Å². The Bertz CT molecular complexity index is 2630. The molecular weight excluding hydrogens is 942 g/mol. The number of amides is 9. The van der Waals surface area contributed by atoms with Crippen molar-refractivity contribution in [3.63, 3.8) is 0 Å². The predicted molar refractivity (Wildman–Crippen MR) is 222 cm³/mol. The Hall–Kier alpha value is -7.77. The Morgan fingerprint density at radius 1 is 0.565 bits per heavy atom. The minimum Gasteiger partial charge on any atom is -0.323 e. The zero-order valence-electron chi connectivity index (χ0n) is 37.0. The van der Waals surface area contributed by atoms with Gasteiger partial charge in [-0.3, -0.25) is 24.5 Å². The Kier molecular flexibility index (Phi) is 13.6. The molecular formula is C43H38F9N9O8. The number of hydrogen-bond donors (Lipinski definition) is 1. The lowest BCUT2D eigenvalue weighted by Crippen LogP contribution is -2.45. The smallest absolute Gasteiger partial charge is 0.323 e. The van der Waals surface area contributed by atoms with Crippen LogP contribution in [0.1, 0.15) is 88.6 Å². The molecule has 69 heavy (non-hydrogen) atoms. The largest absolute Gasteiger partial charge is 0.423 e. The number of anilines is 3. The highest BCUT2D eigenvalue weighted by Gasteiger charge is 2.54. The van der Waals surface area contributed by atoms with E-state index in [2.05, 4.69) is 5.32 Å². The molecule has 3 aromatic rings.